The van der Waals surface area contributed by atoms with Gasteiger partial charge in [-0.25, -0.2) is 9.48 Å². The van der Waals surface area contributed by atoms with Crippen LogP contribution in [0.5, 0.6) is 0 Å². The first kappa shape index (κ1) is 19.6. The molecular weight excluding hydrogens is 334 g/mol. The standard InChI is InChI=1S/C18H25N5O3/c1-4-10-23-15(20-21-22-23)12-26-18(25)17(13(2)3)19-16(24)11-14-8-6-5-7-9-14/h5-9,13,17H,4,10-12H2,1-3H3,(H,19,24)/t17-/m1/s1. The molecule has 2 rings (SSSR count). The molecule has 26 heavy (non-hydrogen) atoms. The average Bonchev–Trinajstić information content (AvgIpc) is 3.06. The van der Waals surface area contributed by atoms with Gasteiger partial charge in [-0.15, -0.1) is 5.10 Å². The maximum atomic E-state index is 12.4. The molecule has 0 bridgehead atoms. The molecule has 1 atom stereocenters. The van der Waals surface area contributed by atoms with Crippen molar-refractivity contribution in [1.82, 2.24) is 25.5 Å². The quantitative estimate of drug-likeness (QED) is 0.681. The zero-order valence-corrected chi connectivity index (χ0v) is 15.4. The molecule has 140 valence electrons. The number of aryl methyl sites for hydroxylation is 1. The summed E-state index contributed by atoms with van der Waals surface area (Å²) in [5.41, 5.74) is 0.889. The summed E-state index contributed by atoms with van der Waals surface area (Å²) in [6.45, 7) is 6.35. The van der Waals surface area contributed by atoms with Crippen LogP contribution in [0.15, 0.2) is 30.3 Å². The third-order valence-electron chi connectivity index (χ3n) is 3.83. The van der Waals surface area contributed by atoms with Crippen molar-refractivity contribution in [1.29, 1.82) is 0 Å². The maximum absolute atomic E-state index is 12.4. The Morgan fingerprint density at radius 1 is 1.23 bits per heavy atom. The Morgan fingerprint density at radius 2 is 1.96 bits per heavy atom. The van der Waals surface area contributed by atoms with Gasteiger partial charge in [-0.1, -0.05) is 51.1 Å². The number of nitrogens with one attached hydrogen (secondary N) is 1. The third kappa shape index (κ3) is 5.65. The van der Waals surface area contributed by atoms with Crippen LogP contribution in [0.1, 0.15) is 38.6 Å². The monoisotopic (exact) mass is 359 g/mol. The number of carbonyl (C=O) groups is 2. The molecule has 0 fully saturated rings. The molecular formula is C18H25N5O3. The van der Waals surface area contributed by atoms with Crippen LogP contribution >= 0.6 is 0 Å². The van der Waals surface area contributed by atoms with Gasteiger partial charge in [0, 0.05) is 6.54 Å². The van der Waals surface area contributed by atoms with Gasteiger partial charge in [-0.05, 0) is 28.3 Å². The van der Waals surface area contributed by atoms with Crippen molar-refractivity contribution in [2.45, 2.75) is 52.8 Å². The first-order valence-electron chi connectivity index (χ1n) is 8.76. The Morgan fingerprint density at radius 3 is 2.62 bits per heavy atom. The molecule has 2 aromatic rings. The summed E-state index contributed by atoms with van der Waals surface area (Å²) in [5, 5.41) is 14.1. The van der Waals surface area contributed by atoms with Crippen LogP contribution in [-0.4, -0.2) is 38.1 Å². The minimum Gasteiger partial charge on any atom is -0.456 e. The number of nitrogens with zero attached hydrogens (tertiary/aromatic N) is 4. The number of tetrazole rings is 1. The van der Waals surface area contributed by atoms with E-state index in [1.165, 1.54) is 0 Å². The SMILES string of the molecule is CCCn1nnnc1COC(=O)[C@H](NC(=O)Cc1ccccc1)C(C)C. The van der Waals surface area contributed by atoms with E-state index >= 15 is 0 Å². The Labute approximate surface area is 152 Å². The van der Waals surface area contributed by atoms with Crippen LogP contribution in [0, 0.1) is 5.92 Å². The van der Waals surface area contributed by atoms with Crippen molar-refractivity contribution in [3.05, 3.63) is 41.7 Å². The number of aromatic nitrogens is 4. The second-order valence-electron chi connectivity index (χ2n) is 6.38. The fourth-order valence-electron chi connectivity index (χ4n) is 2.44. The Hall–Kier alpha value is -2.77. The first-order valence-corrected chi connectivity index (χ1v) is 8.76. The summed E-state index contributed by atoms with van der Waals surface area (Å²) >= 11 is 0. The lowest BCUT2D eigenvalue weighted by Gasteiger charge is -2.20. The molecule has 1 aromatic heterocycles. The normalized spacial score (nSPS) is 12.0. The highest BCUT2D eigenvalue weighted by Gasteiger charge is 2.26. The zero-order valence-electron chi connectivity index (χ0n) is 15.4. The van der Waals surface area contributed by atoms with E-state index in [1.54, 1.807) is 4.68 Å². The predicted octanol–water partition coefficient (Wildman–Crippen LogP) is 1.51. The van der Waals surface area contributed by atoms with Gasteiger partial charge in [0.05, 0.1) is 6.42 Å². The van der Waals surface area contributed by atoms with Gasteiger partial charge < -0.3 is 10.1 Å². The van der Waals surface area contributed by atoms with E-state index < -0.39 is 12.0 Å². The second-order valence-corrected chi connectivity index (χ2v) is 6.38. The molecule has 0 spiro atoms. The maximum Gasteiger partial charge on any atom is 0.329 e. The number of carbonyl (C=O) groups excluding carboxylic acids is 2. The van der Waals surface area contributed by atoms with Crippen LogP contribution in [0.3, 0.4) is 0 Å². The van der Waals surface area contributed by atoms with Crippen LogP contribution < -0.4 is 5.32 Å². The number of amides is 1. The topological polar surface area (TPSA) is 99.0 Å². The molecule has 1 amide bonds. The summed E-state index contributed by atoms with van der Waals surface area (Å²) < 4.78 is 6.93. The van der Waals surface area contributed by atoms with Gasteiger partial charge in [0.2, 0.25) is 5.91 Å². The molecule has 0 unspecified atom stereocenters. The van der Waals surface area contributed by atoms with Crippen molar-refractivity contribution in [2.75, 3.05) is 0 Å². The van der Waals surface area contributed by atoms with E-state index in [4.69, 9.17) is 4.74 Å². The van der Waals surface area contributed by atoms with E-state index in [0.29, 0.717) is 12.4 Å². The van der Waals surface area contributed by atoms with E-state index in [1.807, 2.05) is 51.1 Å². The van der Waals surface area contributed by atoms with E-state index in [0.717, 1.165) is 12.0 Å². The Bertz CT molecular complexity index is 715. The second kappa shape index (κ2) is 9.65. The lowest BCUT2D eigenvalue weighted by molar-refractivity contribution is -0.150. The van der Waals surface area contributed by atoms with Crippen molar-refractivity contribution >= 4 is 11.9 Å². The molecule has 0 aliphatic heterocycles. The molecule has 1 aromatic carbocycles. The smallest absolute Gasteiger partial charge is 0.329 e. The number of ether oxygens (including phenoxy) is 1. The van der Waals surface area contributed by atoms with Crippen molar-refractivity contribution in [3.8, 4) is 0 Å². The molecule has 1 N–H and O–H groups in total. The lowest BCUT2D eigenvalue weighted by Crippen LogP contribution is -2.45. The third-order valence-corrected chi connectivity index (χ3v) is 3.83. The van der Waals surface area contributed by atoms with Crippen molar-refractivity contribution in [2.24, 2.45) is 5.92 Å². The summed E-state index contributed by atoms with van der Waals surface area (Å²) in [6, 6.07) is 8.66. The molecule has 0 aliphatic carbocycles. The summed E-state index contributed by atoms with van der Waals surface area (Å²) in [7, 11) is 0. The number of benzene rings is 1. The fourth-order valence-corrected chi connectivity index (χ4v) is 2.44. The molecule has 8 nitrogen and oxygen atoms in total. The molecule has 8 heteroatoms. The van der Waals surface area contributed by atoms with Crippen molar-refractivity contribution < 1.29 is 14.3 Å². The van der Waals surface area contributed by atoms with E-state index in [2.05, 4.69) is 20.8 Å². The van der Waals surface area contributed by atoms with Gasteiger partial charge in [0.1, 0.15) is 6.04 Å². The molecule has 0 saturated carbocycles. The lowest BCUT2D eigenvalue weighted by atomic mass is 10.0. The van der Waals surface area contributed by atoms with Gasteiger partial charge in [-0.3, -0.25) is 4.79 Å². The van der Waals surface area contributed by atoms with Gasteiger partial charge >= 0.3 is 5.97 Å². The summed E-state index contributed by atoms with van der Waals surface area (Å²) in [5.74, 6) is -0.331. The molecule has 0 aliphatic rings. The minimum atomic E-state index is -0.721. The fraction of sp³-hybridized carbons (Fsp3) is 0.500. The number of hydrogen-bond donors (Lipinski definition) is 1. The minimum absolute atomic E-state index is 0.0242. The first-order chi connectivity index (χ1) is 12.5. The average molecular weight is 359 g/mol. The highest BCUT2D eigenvalue weighted by molar-refractivity contribution is 5.85. The summed E-state index contributed by atoms with van der Waals surface area (Å²) in [6.07, 6.45) is 1.09. The van der Waals surface area contributed by atoms with Gasteiger partial charge in [-0.2, -0.15) is 0 Å². The van der Waals surface area contributed by atoms with E-state index in [-0.39, 0.29) is 24.9 Å². The van der Waals surface area contributed by atoms with Crippen LogP contribution in [0.4, 0.5) is 0 Å². The summed E-state index contributed by atoms with van der Waals surface area (Å²) in [4.78, 5) is 24.7. The Balaban J connectivity index is 1.92. The molecule has 1 heterocycles. The zero-order chi connectivity index (χ0) is 18.9. The van der Waals surface area contributed by atoms with Gasteiger partial charge in [0.15, 0.2) is 12.4 Å². The number of hydrogen-bond acceptors (Lipinski definition) is 6. The van der Waals surface area contributed by atoms with E-state index in [9.17, 15) is 9.59 Å². The Kier molecular flexibility index (Phi) is 7.25. The highest BCUT2D eigenvalue weighted by atomic mass is 16.5. The van der Waals surface area contributed by atoms with Crippen molar-refractivity contribution in [3.63, 3.8) is 0 Å². The number of esters is 1. The largest absolute Gasteiger partial charge is 0.456 e. The highest BCUT2D eigenvalue weighted by Crippen LogP contribution is 2.08. The van der Waals surface area contributed by atoms with Crippen LogP contribution in [0.2, 0.25) is 0 Å². The molecule has 0 saturated heterocycles. The van der Waals surface area contributed by atoms with Crippen LogP contribution in [0.25, 0.3) is 0 Å². The van der Waals surface area contributed by atoms with Crippen LogP contribution in [-0.2, 0) is 33.9 Å². The predicted molar refractivity (Wildman–Crippen MR) is 94.8 cm³/mol. The molecule has 0 radical (unpaired) electrons. The van der Waals surface area contributed by atoms with Gasteiger partial charge in [0.25, 0.3) is 0 Å². The number of rotatable bonds is 9.